The van der Waals surface area contributed by atoms with Crippen molar-refractivity contribution >= 4 is 5.69 Å². The summed E-state index contributed by atoms with van der Waals surface area (Å²) in [5.41, 5.74) is 7.79. The first-order chi connectivity index (χ1) is 8.04. The van der Waals surface area contributed by atoms with Crippen LogP contribution in [-0.4, -0.2) is 13.2 Å². The van der Waals surface area contributed by atoms with E-state index in [-0.39, 0.29) is 6.29 Å². The molecular weight excluding hydrogens is 216 g/mol. The average Bonchev–Trinajstić information content (AvgIpc) is 2.82. The smallest absolute Gasteiger partial charge is 0.186 e. The summed E-state index contributed by atoms with van der Waals surface area (Å²) in [5, 5.41) is 9.08. The molecule has 0 radical (unpaired) electrons. The van der Waals surface area contributed by atoms with Crippen molar-refractivity contribution in [1.29, 1.82) is 5.26 Å². The largest absolute Gasteiger partial charge is 0.398 e. The lowest BCUT2D eigenvalue weighted by Crippen LogP contribution is -2.15. The van der Waals surface area contributed by atoms with Gasteiger partial charge in [0.15, 0.2) is 6.29 Å². The van der Waals surface area contributed by atoms with Crippen molar-refractivity contribution in [2.45, 2.75) is 25.6 Å². The SMILES string of the molecule is CC(C)(C#N)c1ccc(C2OCCO2)c(N)c1. The Labute approximate surface area is 101 Å². The third kappa shape index (κ3) is 2.26. The molecule has 2 rings (SSSR count). The minimum absolute atomic E-state index is 0.366. The van der Waals surface area contributed by atoms with Gasteiger partial charge in [0.25, 0.3) is 0 Å². The first kappa shape index (κ1) is 11.9. The molecular formula is C13H16N2O2. The minimum Gasteiger partial charge on any atom is -0.398 e. The summed E-state index contributed by atoms with van der Waals surface area (Å²) in [6, 6.07) is 7.86. The zero-order valence-electron chi connectivity index (χ0n) is 10.1. The predicted molar refractivity (Wildman–Crippen MR) is 64.1 cm³/mol. The Morgan fingerprint density at radius 3 is 2.53 bits per heavy atom. The number of rotatable bonds is 2. The van der Waals surface area contributed by atoms with Gasteiger partial charge in [0.2, 0.25) is 0 Å². The van der Waals surface area contributed by atoms with Crippen molar-refractivity contribution in [3.8, 4) is 6.07 Å². The van der Waals surface area contributed by atoms with Gasteiger partial charge in [0.1, 0.15) is 0 Å². The molecule has 1 fully saturated rings. The lowest BCUT2D eigenvalue weighted by atomic mass is 9.85. The number of nitrogens with zero attached hydrogens (tertiary/aromatic N) is 1. The molecule has 1 heterocycles. The molecule has 0 saturated carbocycles. The zero-order valence-corrected chi connectivity index (χ0v) is 10.1. The molecule has 0 aliphatic carbocycles. The molecule has 0 unspecified atom stereocenters. The molecule has 1 aromatic carbocycles. The molecule has 4 heteroatoms. The van der Waals surface area contributed by atoms with E-state index in [4.69, 9.17) is 20.5 Å². The third-order valence-corrected chi connectivity index (χ3v) is 2.96. The van der Waals surface area contributed by atoms with Crippen molar-refractivity contribution in [2.24, 2.45) is 0 Å². The van der Waals surface area contributed by atoms with Gasteiger partial charge in [-0.3, -0.25) is 0 Å². The predicted octanol–water partition coefficient (Wildman–Crippen LogP) is 2.12. The molecule has 90 valence electrons. The second kappa shape index (κ2) is 4.36. The highest BCUT2D eigenvalue weighted by molar-refractivity contribution is 5.52. The Balaban J connectivity index is 2.32. The molecule has 4 nitrogen and oxygen atoms in total. The van der Waals surface area contributed by atoms with Crippen LogP contribution in [0.15, 0.2) is 18.2 Å². The monoisotopic (exact) mass is 232 g/mol. The van der Waals surface area contributed by atoms with Crippen molar-refractivity contribution < 1.29 is 9.47 Å². The maximum atomic E-state index is 9.08. The highest BCUT2D eigenvalue weighted by atomic mass is 16.7. The van der Waals surface area contributed by atoms with E-state index in [2.05, 4.69) is 6.07 Å². The molecule has 2 N–H and O–H groups in total. The van der Waals surface area contributed by atoms with E-state index in [1.54, 1.807) is 0 Å². The molecule has 1 aliphatic rings. The van der Waals surface area contributed by atoms with E-state index in [9.17, 15) is 0 Å². The number of nitrogens with two attached hydrogens (primary N) is 1. The number of hydrogen-bond acceptors (Lipinski definition) is 4. The Bertz CT molecular complexity index is 457. The van der Waals surface area contributed by atoms with Gasteiger partial charge >= 0.3 is 0 Å². The number of benzene rings is 1. The summed E-state index contributed by atoms with van der Waals surface area (Å²) in [6.45, 7) is 4.92. The van der Waals surface area contributed by atoms with Gasteiger partial charge in [0, 0.05) is 11.3 Å². The summed E-state index contributed by atoms with van der Waals surface area (Å²) in [4.78, 5) is 0. The first-order valence-electron chi connectivity index (χ1n) is 5.59. The van der Waals surface area contributed by atoms with Crippen LogP contribution in [0.3, 0.4) is 0 Å². The van der Waals surface area contributed by atoms with Crippen LogP contribution in [0.25, 0.3) is 0 Å². The normalized spacial score (nSPS) is 17.0. The Morgan fingerprint density at radius 1 is 1.35 bits per heavy atom. The van der Waals surface area contributed by atoms with E-state index < -0.39 is 5.41 Å². The second-order valence-electron chi connectivity index (χ2n) is 4.65. The fraction of sp³-hybridized carbons (Fsp3) is 0.462. The van der Waals surface area contributed by atoms with Crippen LogP contribution >= 0.6 is 0 Å². The summed E-state index contributed by atoms with van der Waals surface area (Å²) < 4.78 is 10.8. The molecule has 0 atom stereocenters. The van der Waals surface area contributed by atoms with E-state index in [1.807, 2.05) is 32.0 Å². The topological polar surface area (TPSA) is 68.3 Å². The van der Waals surface area contributed by atoms with E-state index in [0.29, 0.717) is 18.9 Å². The Hall–Kier alpha value is -1.57. The van der Waals surface area contributed by atoms with Gasteiger partial charge in [-0.25, -0.2) is 0 Å². The number of ether oxygens (including phenoxy) is 2. The molecule has 1 aliphatic heterocycles. The molecule has 0 aromatic heterocycles. The number of hydrogen-bond donors (Lipinski definition) is 1. The maximum Gasteiger partial charge on any atom is 0.186 e. The molecule has 1 saturated heterocycles. The quantitative estimate of drug-likeness (QED) is 0.793. The van der Waals surface area contributed by atoms with Crippen molar-refractivity contribution in [2.75, 3.05) is 18.9 Å². The van der Waals surface area contributed by atoms with Crippen LogP contribution in [0, 0.1) is 11.3 Å². The van der Waals surface area contributed by atoms with Gasteiger partial charge in [-0.15, -0.1) is 0 Å². The molecule has 1 aromatic rings. The summed E-state index contributed by atoms with van der Waals surface area (Å²) in [5.74, 6) is 0. The number of anilines is 1. The van der Waals surface area contributed by atoms with Crippen LogP contribution in [0.4, 0.5) is 5.69 Å². The van der Waals surface area contributed by atoms with Crippen LogP contribution < -0.4 is 5.73 Å². The third-order valence-electron chi connectivity index (χ3n) is 2.96. The fourth-order valence-corrected chi connectivity index (χ4v) is 1.78. The zero-order chi connectivity index (χ0) is 12.5. The Kier molecular flexibility index (Phi) is 3.05. The minimum atomic E-state index is -0.538. The van der Waals surface area contributed by atoms with Gasteiger partial charge in [-0.05, 0) is 25.5 Å². The Morgan fingerprint density at radius 2 is 2.00 bits per heavy atom. The van der Waals surface area contributed by atoms with E-state index in [0.717, 1.165) is 11.1 Å². The van der Waals surface area contributed by atoms with Crippen LogP contribution in [0.1, 0.15) is 31.3 Å². The van der Waals surface area contributed by atoms with Gasteiger partial charge in [-0.2, -0.15) is 5.26 Å². The van der Waals surface area contributed by atoms with Gasteiger partial charge < -0.3 is 15.2 Å². The molecule has 0 amide bonds. The standard InChI is InChI=1S/C13H16N2O2/c1-13(2,8-14)9-3-4-10(11(15)7-9)12-16-5-6-17-12/h3-4,7,12H,5-6,15H2,1-2H3. The molecule has 0 bridgehead atoms. The fourth-order valence-electron chi connectivity index (χ4n) is 1.78. The molecule has 17 heavy (non-hydrogen) atoms. The summed E-state index contributed by atoms with van der Waals surface area (Å²) >= 11 is 0. The van der Waals surface area contributed by atoms with Crippen molar-refractivity contribution in [3.05, 3.63) is 29.3 Å². The van der Waals surface area contributed by atoms with Gasteiger partial charge in [-0.1, -0.05) is 12.1 Å². The van der Waals surface area contributed by atoms with E-state index >= 15 is 0 Å². The van der Waals surface area contributed by atoms with Crippen molar-refractivity contribution in [1.82, 2.24) is 0 Å². The summed E-state index contributed by atoms with van der Waals surface area (Å²) in [6.07, 6.45) is -0.366. The highest BCUT2D eigenvalue weighted by Crippen LogP contribution is 2.31. The van der Waals surface area contributed by atoms with Crippen LogP contribution in [0.5, 0.6) is 0 Å². The van der Waals surface area contributed by atoms with E-state index in [1.165, 1.54) is 0 Å². The maximum absolute atomic E-state index is 9.08. The second-order valence-corrected chi connectivity index (χ2v) is 4.65. The first-order valence-corrected chi connectivity index (χ1v) is 5.59. The number of nitrogen functional groups attached to an aromatic ring is 1. The highest BCUT2D eigenvalue weighted by Gasteiger charge is 2.24. The number of nitriles is 1. The van der Waals surface area contributed by atoms with Crippen LogP contribution in [-0.2, 0) is 14.9 Å². The summed E-state index contributed by atoms with van der Waals surface area (Å²) in [7, 11) is 0. The van der Waals surface area contributed by atoms with Crippen LogP contribution in [0.2, 0.25) is 0 Å². The van der Waals surface area contributed by atoms with Gasteiger partial charge in [0.05, 0.1) is 24.7 Å². The van der Waals surface area contributed by atoms with Crippen molar-refractivity contribution in [3.63, 3.8) is 0 Å². The lowest BCUT2D eigenvalue weighted by Gasteiger charge is -2.19. The lowest BCUT2D eigenvalue weighted by molar-refractivity contribution is -0.0435. The molecule has 0 spiro atoms. The average molecular weight is 232 g/mol.